The largest absolute Gasteiger partial charge is 1.00 e. The van der Waals surface area contributed by atoms with E-state index < -0.39 is 40.3 Å². The fourth-order valence-corrected chi connectivity index (χ4v) is 17.2. The Balaban J connectivity index is 0.000000182. The first-order valence-corrected chi connectivity index (χ1v) is 45.7. The fraction of sp³-hybridized carbons (Fsp3) is 0.489. The van der Waals surface area contributed by atoms with Gasteiger partial charge in [-0.05, 0) is 171 Å². The second-order valence-electron chi connectivity index (χ2n) is 35.3. The van der Waals surface area contributed by atoms with E-state index in [1.165, 1.54) is 49.6 Å². The van der Waals surface area contributed by atoms with Crippen LogP contribution in [-0.2, 0) is 40.0 Å². The lowest BCUT2D eigenvalue weighted by Gasteiger charge is -2.35. The molecule has 18 rings (SSSR count). The molecule has 137 heavy (non-hydrogen) atoms. The molecule has 10 atom stereocenters. The highest BCUT2D eigenvalue weighted by Gasteiger charge is 2.50. The standard InChI is InChI=1S/C20H22N4O3.C18H19N5O3.C17H24N4O4.C12H16N4O2.C10H18N2O2.C8H7ClO.C8H10N2O2.CH4.ClH.O2S/c1-3-27-19(26)15-9-21-20(22-10-15)24-12-16-8-17(24)11-23(16)18(25)14-6-4-5-13(2)7-14;1-11-3-2-4-12(5-11)17(25)22-9-15-6-14(22)10-23(15)18-19-7-13(8-20-18)16(24)21-26;1-5-24-14(22)11-7-18-15(19-8-11)20-9-13-6-12(20)10-21(13)16(23)25-17(2,3)4;1-2-18-11(17)8-4-14-12(15-5-8)16-7-9-3-10(16)6-13-9;1-10(2,3)14-9(13)12-6-7-4-8(12)5-11-7;1-6-3-2-4-7(5-6)8(9)10;1-3-12-8(11)7-4-9-6(2)10-5-7;;;1-3-2/h4-7,9-10,16-17H,3,8,11-12H2,1-2H3;2-5,7-8,14-15,26H,6,9-10H2,1H3,(H,21,24);7-8,12-13H,5-6,9-10H2,1-4H3;4-5,9-10,13H,2-3,6-7H2,1H3;7-8,11H,4-6H2,1-3H3;2-5H,1H3;4-5H,3H2,1-2H3;1H4;1H;/p-1/t16-,17-;14-,15-;12-,13-;9-,10-;7-,8-;;;;;/m00000...../s1. The molecule has 0 saturated carbocycles. The molecule has 0 aliphatic carbocycles. The normalized spacial score (nSPS) is 20.3. The van der Waals surface area contributed by atoms with Gasteiger partial charge in [0.15, 0.2) is 0 Å². The number of carbonyl (C=O) groups is 10. The first kappa shape index (κ1) is 108. The number of anilines is 4. The van der Waals surface area contributed by atoms with Crippen molar-refractivity contribution in [2.45, 2.75) is 208 Å². The Labute approximate surface area is 810 Å². The molecule has 5 aromatic heterocycles. The van der Waals surface area contributed by atoms with E-state index in [1.54, 1.807) is 69.5 Å². The number of nitrogens with one attached hydrogen (secondary N) is 3. The first-order chi connectivity index (χ1) is 64.5. The molecular weight excluding hydrogens is 1830 g/mol. The van der Waals surface area contributed by atoms with Crippen LogP contribution < -0.4 is 48.1 Å². The van der Waals surface area contributed by atoms with E-state index in [2.05, 4.69) is 80.1 Å². The lowest BCUT2D eigenvalue weighted by molar-refractivity contribution is -0.000199. The number of ether oxygens (including phenoxy) is 6. The Morgan fingerprint density at radius 2 is 0.686 bits per heavy atom. The van der Waals surface area contributed by atoms with E-state index in [1.807, 2.05) is 138 Å². The van der Waals surface area contributed by atoms with Crippen LogP contribution in [0.25, 0.3) is 0 Å². The van der Waals surface area contributed by atoms with Crippen LogP contribution in [0.2, 0.25) is 0 Å². The van der Waals surface area contributed by atoms with Crippen LogP contribution >= 0.6 is 11.6 Å². The number of benzene rings is 3. The van der Waals surface area contributed by atoms with E-state index in [-0.39, 0.29) is 103 Å². The molecule has 0 unspecified atom stereocenters. The lowest BCUT2D eigenvalue weighted by atomic mass is 10.1. The van der Waals surface area contributed by atoms with Gasteiger partial charge in [0, 0.05) is 168 Å². The molecule has 10 aliphatic rings. The second kappa shape index (κ2) is 49.7. The number of esters is 4. The Hall–Kier alpha value is -13.0. The van der Waals surface area contributed by atoms with Gasteiger partial charge in [0.05, 0.1) is 90.5 Å². The molecule has 40 nitrogen and oxygen atoms in total. The number of aromatic nitrogens is 10. The van der Waals surface area contributed by atoms with E-state index in [0.29, 0.717) is 147 Å². The highest BCUT2D eigenvalue weighted by Crippen LogP contribution is 2.38. The minimum absolute atomic E-state index is 0. The van der Waals surface area contributed by atoms with E-state index in [0.717, 1.165) is 86.1 Å². The number of hydrogen-bond acceptors (Lipinski definition) is 35. The molecule has 5 amide bonds. The third-order valence-corrected chi connectivity index (χ3v) is 23.4. The SMILES string of the molecule is C.CC(C)(C)OC(=O)N1C[C@@H]2C[C@H]1CN2.CCOC(=O)c1cnc(C)nc1.CCOC(=O)c1cnc(N2C[C@@H]3C[C@H]2CN3)nc1.CCOC(=O)c1cnc(N2C[C@@H]3C[C@H]2CN3C(=O)OC(C)(C)C)nc1.CCOC(=O)c1cnc(N2C[C@@H]3C[C@H]2CN3C(=O)c2cccc(C)c2)nc1.Cc1cccc(C(=O)Cl)c1.Cc1cccc(C(=O)N2C[C@@H]3C[C@H]2CN3c2ncc(C(=O)NO)cn2)c1.O=S=O.[Cl-]. The number of fused-ring (bicyclic) bond motifs is 10. The minimum Gasteiger partial charge on any atom is -1.00 e. The molecule has 10 saturated heterocycles. The van der Waals surface area contributed by atoms with Gasteiger partial charge in [-0.3, -0.25) is 24.4 Å². The van der Waals surface area contributed by atoms with Gasteiger partial charge in [-0.2, -0.15) is 8.42 Å². The summed E-state index contributed by atoms with van der Waals surface area (Å²) >= 11 is 4.49. The summed E-state index contributed by atoms with van der Waals surface area (Å²) in [6.07, 6.45) is 19.2. The summed E-state index contributed by atoms with van der Waals surface area (Å²) in [5.41, 5.74) is 7.58. The summed E-state index contributed by atoms with van der Waals surface area (Å²) in [5, 5.41) is 15.0. The Kier molecular flexibility index (Phi) is 39.1. The van der Waals surface area contributed by atoms with Gasteiger partial charge in [-0.1, -0.05) is 66.6 Å². The van der Waals surface area contributed by atoms with Gasteiger partial charge in [0.2, 0.25) is 23.8 Å². The number of amides is 5. The molecule has 3 aromatic carbocycles. The summed E-state index contributed by atoms with van der Waals surface area (Å²) < 4.78 is 46.9. The summed E-state index contributed by atoms with van der Waals surface area (Å²) in [4.78, 5) is 175. The number of carbonyl (C=O) groups excluding carboxylic acids is 10. The van der Waals surface area contributed by atoms with Crippen LogP contribution in [0, 0.1) is 27.7 Å². The number of halogens is 2. The predicted molar refractivity (Wildman–Crippen MR) is 502 cm³/mol. The van der Waals surface area contributed by atoms with E-state index >= 15 is 0 Å². The van der Waals surface area contributed by atoms with Crippen LogP contribution in [0.5, 0.6) is 0 Å². The van der Waals surface area contributed by atoms with Gasteiger partial charge in [-0.25, -0.2) is 84.1 Å². The van der Waals surface area contributed by atoms with Crippen LogP contribution in [-0.4, -0.2) is 306 Å². The van der Waals surface area contributed by atoms with Crippen LogP contribution in [0.15, 0.2) is 135 Å². The Bertz CT molecular complexity index is 5500. The summed E-state index contributed by atoms with van der Waals surface area (Å²) in [7, 11) is 0. The van der Waals surface area contributed by atoms with Crippen molar-refractivity contribution in [1.82, 2.24) is 85.6 Å². The highest BCUT2D eigenvalue weighted by atomic mass is 35.5. The van der Waals surface area contributed by atoms with Crippen LogP contribution in [0.3, 0.4) is 0 Å². The predicted octanol–water partition coefficient (Wildman–Crippen LogP) is 6.40. The average molecular weight is 1950 g/mol. The summed E-state index contributed by atoms with van der Waals surface area (Å²) in [6.45, 7) is 35.0. The molecule has 0 spiro atoms. The van der Waals surface area contributed by atoms with Gasteiger partial charge < -0.3 is 90.7 Å². The smallest absolute Gasteiger partial charge is 0.410 e. The van der Waals surface area contributed by atoms with Crippen molar-refractivity contribution in [3.8, 4) is 0 Å². The second-order valence-corrected chi connectivity index (χ2v) is 35.8. The molecule has 10 aliphatic heterocycles. The van der Waals surface area contributed by atoms with Crippen molar-refractivity contribution >= 4 is 106 Å². The number of hydroxylamine groups is 1. The number of likely N-dealkylation sites (tertiary alicyclic amines) is 4. The average Bonchev–Trinajstić information content (AvgIpc) is 1.62. The zero-order valence-electron chi connectivity index (χ0n) is 78.4. The maximum Gasteiger partial charge on any atom is 0.410 e. The maximum absolute atomic E-state index is 12.8. The number of aryl methyl sites for hydroxylation is 4. The summed E-state index contributed by atoms with van der Waals surface area (Å²) in [5.74, 6) is 0.981. The van der Waals surface area contributed by atoms with E-state index in [9.17, 15) is 47.9 Å². The van der Waals surface area contributed by atoms with Gasteiger partial charge in [0.1, 0.15) is 17.0 Å². The number of hydrogen-bond donors (Lipinski definition) is 4. The summed E-state index contributed by atoms with van der Waals surface area (Å²) in [6, 6.07) is 25.4. The number of piperazine rings is 5. The molecule has 10 bridgehead atoms. The molecular formula is C94H120Cl2N21O19S-. The number of rotatable bonds is 16. The van der Waals surface area contributed by atoms with Crippen LogP contribution in [0.4, 0.5) is 33.4 Å². The topological polar surface area (TPSA) is 471 Å². The molecule has 15 heterocycles. The molecule has 736 valence electrons. The lowest BCUT2D eigenvalue weighted by Crippen LogP contribution is -3.00. The van der Waals surface area contributed by atoms with Crippen molar-refractivity contribution in [3.05, 3.63) is 202 Å². The third kappa shape index (κ3) is 29.1. The minimum atomic E-state index is -0.750. The monoisotopic (exact) mass is 1950 g/mol. The van der Waals surface area contributed by atoms with Gasteiger partial charge in [0.25, 0.3) is 23.0 Å². The zero-order chi connectivity index (χ0) is 97.5. The molecule has 43 heteroatoms. The zero-order valence-corrected chi connectivity index (χ0v) is 80.7. The van der Waals surface area contributed by atoms with Gasteiger partial charge >= 0.3 is 47.6 Å². The van der Waals surface area contributed by atoms with Crippen molar-refractivity contribution in [2.75, 3.05) is 111 Å². The van der Waals surface area contributed by atoms with Crippen molar-refractivity contribution in [1.29, 1.82) is 0 Å². The van der Waals surface area contributed by atoms with Gasteiger partial charge in [-0.15, -0.1) is 0 Å². The number of nitrogens with zero attached hydrogens (tertiary/aromatic N) is 18. The molecule has 4 N–H and O–H groups in total. The Morgan fingerprint density at radius 1 is 0.394 bits per heavy atom. The van der Waals surface area contributed by atoms with E-state index in [4.69, 9.17) is 53.6 Å². The third-order valence-electron chi connectivity index (χ3n) is 23.2. The highest BCUT2D eigenvalue weighted by molar-refractivity contribution is 7.51. The molecule has 0 radical (unpaired) electrons. The van der Waals surface area contributed by atoms with Crippen LogP contribution in [0.1, 0.15) is 214 Å². The van der Waals surface area contributed by atoms with Crippen molar-refractivity contribution in [2.24, 2.45) is 0 Å². The quantitative estimate of drug-likeness (QED) is 0.0267. The fourth-order valence-electron chi connectivity index (χ4n) is 17.1. The maximum atomic E-state index is 12.8. The van der Waals surface area contributed by atoms with Crippen molar-refractivity contribution in [3.63, 3.8) is 0 Å². The first-order valence-electron chi connectivity index (χ1n) is 44.7. The molecule has 10 fully saturated rings. The Morgan fingerprint density at radius 3 is 0.949 bits per heavy atom. The molecule has 8 aromatic rings. The van der Waals surface area contributed by atoms with Crippen molar-refractivity contribution < 1.29 is 102 Å².